The van der Waals surface area contributed by atoms with Gasteiger partial charge < -0.3 is 5.73 Å². The molecule has 0 bridgehead atoms. The van der Waals surface area contributed by atoms with Crippen molar-refractivity contribution in [3.63, 3.8) is 0 Å². The summed E-state index contributed by atoms with van der Waals surface area (Å²) in [6.07, 6.45) is 0.940. The van der Waals surface area contributed by atoms with Crippen LogP contribution in [0.3, 0.4) is 0 Å². The van der Waals surface area contributed by atoms with Crippen molar-refractivity contribution in [2.45, 2.75) is 6.42 Å². The van der Waals surface area contributed by atoms with Crippen molar-refractivity contribution in [3.8, 4) is 44.5 Å². The molecule has 0 aromatic heterocycles. The Balaban J connectivity index is 0.000000130. The summed E-state index contributed by atoms with van der Waals surface area (Å²) in [4.78, 5) is 0. The molecule has 0 unspecified atom stereocenters. The van der Waals surface area contributed by atoms with E-state index in [9.17, 15) is 0 Å². The number of rotatable bonds is 6. The van der Waals surface area contributed by atoms with E-state index >= 15 is 0 Å². The van der Waals surface area contributed by atoms with Crippen molar-refractivity contribution in [1.82, 2.24) is 0 Å². The van der Waals surface area contributed by atoms with Gasteiger partial charge in [0.2, 0.25) is 0 Å². The molecule has 12 aromatic rings. The lowest BCUT2D eigenvalue weighted by Gasteiger charge is -2.08. The molecule has 0 saturated carbocycles. The van der Waals surface area contributed by atoms with Gasteiger partial charge in [0.1, 0.15) is 0 Å². The topological polar surface area (TPSA) is 26.0 Å². The van der Waals surface area contributed by atoms with Crippen molar-refractivity contribution in [2.24, 2.45) is 0 Å². The Kier molecular flexibility index (Phi) is 12.8. The minimum atomic E-state index is 0.800. The zero-order valence-electron chi connectivity index (χ0n) is 37.1. The van der Waals surface area contributed by atoms with Gasteiger partial charge in [-0.15, -0.1) is 0 Å². The summed E-state index contributed by atoms with van der Waals surface area (Å²) in [5, 5.41) is 10.2. The van der Waals surface area contributed by atoms with E-state index in [1.54, 1.807) is 0 Å². The van der Waals surface area contributed by atoms with E-state index in [-0.39, 0.29) is 0 Å². The first kappa shape index (κ1) is 42.9. The first-order valence-electron chi connectivity index (χ1n) is 22.7. The van der Waals surface area contributed by atoms with E-state index in [1.807, 2.05) is 12.1 Å². The average Bonchev–Trinajstić information content (AvgIpc) is 3.39. The number of anilines is 1. The molecule has 2 N–H and O–H groups in total. The van der Waals surface area contributed by atoms with Gasteiger partial charge in [-0.25, -0.2) is 0 Å². The summed E-state index contributed by atoms with van der Waals surface area (Å²) in [5.41, 5.74) is 19.1. The summed E-state index contributed by atoms with van der Waals surface area (Å²) in [5.74, 6) is 0. The Hall–Kier alpha value is -8.04. The van der Waals surface area contributed by atoms with Crippen LogP contribution in [-0.2, 0) is 6.42 Å². The Morgan fingerprint density at radius 1 is 0.239 bits per heavy atom. The third kappa shape index (κ3) is 10.4. The molecule has 2 heteroatoms. The molecule has 0 aliphatic rings. The number of nitrogen functional groups attached to an aromatic ring is 1. The minimum Gasteiger partial charge on any atom is -0.399 e. The van der Waals surface area contributed by atoms with E-state index in [1.165, 1.54) is 98.7 Å². The highest BCUT2D eigenvalue weighted by Crippen LogP contribution is 2.29. The number of halogens is 1. The van der Waals surface area contributed by atoms with E-state index in [2.05, 4.69) is 271 Å². The summed E-state index contributed by atoms with van der Waals surface area (Å²) < 4.78 is 1.11. The molecule has 67 heavy (non-hydrogen) atoms. The maximum Gasteiger partial charge on any atom is 0.0314 e. The van der Waals surface area contributed by atoms with Crippen molar-refractivity contribution in [3.05, 3.63) is 283 Å². The van der Waals surface area contributed by atoms with Crippen LogP contribution in [0.25, 0.3) is 87.6 Å². The lowest BCUT2D eigenvalue weighted by molar-refractivity contribution is 1.19. The van der Waals surface area contributed by atoms with Crippen LogP contribution in [0.15, 0.2) is 271 Å². The predicted molar refractivity (Wildman–Crippen MR) is 292 cm³/mol. The van der Waals surface area contributed by atoms with Crippen molar-refractivity contribution in [1.29, 1.82) is 0 Å². The monoisotopic (exact) mass is 921 g/mol. The molecule has 1 nitrogen and oxygen atoms in total. The maximum absolute atomic E-state index is 5.70. The van der Waals surface area contributed by atoms with E-state index in [4.69, 9.17) is 5.73 Å². The van der Waals surface area contributed by atoms with Crippen LogP contribution >= 0.6 is 15.9 Å². The zero-order valence-corrected chi connectivity index (χ0v) is 38.7. The summed E-state index contributed by atoms with van der Waals surface area (Å²) in [7, 11) is 0. The van der Waals surface area contributed by atoms with Crippen LogP contribution in [-0.4, -0.2) is 0 Å². The van der Waals surface area contributed by atoms with Crippen LogP contribution in [0.1, 0.15) is 11.1 Å². The molecule has 320 valence electrons. The van der Waals surface area contributed by atoms with Gasteiger partial charge in [-0.1, -0.05) is 234 Å². The molecular formula is C65H48BrN. The van der Waals surface area contributed by atoms with Gasteiger partial charge in [0.15, 0.2) is 0 Å². The van der Waals surface area contributed by atoms with Crippen molar-refractivity contribution >= 4 is 64.7 Å². The first-order valence-corrected chi connectivity index (χ1v) is 23.5. The molecule has 0 fully saturated rings. The lowest BCUT2D eigenvalue weighted by atomic mass is 9.97. The van der Waals surface area contributed by atoms with E-state index < -0.39 is 0 Å². The molecule has 0 amide bonds. The predicted octanol–water partition coefficient (Wildman–Crippen LogP) is 18.3. The normalized spacial score (nSPS) is 10.9. The molecule has 0 aliphatic heterocycles. The van der Waals surface area contributed by atoms with E-state index in [0.717, 1.165) is 16.6 Å². The molecular weight excluding hydrogens is 875 g/mol. The van der Waals surface area contributed by atoms with Crippen LogP contribution in [0.4, 0.5) is 5.69 Å². The van der Waals surface area contributed by atoms with Gasteiger partial charge in [-0.2, -0.15) is 0 Å². The minimum absolute atomic E-state index is 0.800. The Bertz CT molecular complexity index is 3350. The van der Waals surface area contributed by atoms with Gasteiger partial charge in [0.25, 0.3) is 0 Å². The Labute approximate surface area is 401 Å². The average molecular weight is 923 g/mol. The van der Waals surface area contributed by atoms with Gasteiger partial charge in [0.05, 0.1) is 0 Å². The quantitative estimate of drug-likeness (QED) is 0.165. The van der Waals surface area contributed by atoms with Crippen LogP contribution in [0.5, 0.6) is 0 Å². The molecule has 0 aliphatic carbocycles. The van der Waals surface area contributed by atoms with Crippen LogP contribution < -0.4 is 5.73 Å². The Morgan fingerprint density at radius 3 is 0.776 bits per heavy atom. The largest absolute Gasteiger partial charge is 0.399 e. The molecule has 0 spiro atoms. The summed E-state index contributed by atoms with van der Waals surface area (Å²) in [6.45, 7) is 0. The van der Waals surface area contributed by atoms with Gasteiger partial charge in [-0.3, -0.25) is 0 Å². The number of hydrogen-bond donors (Lipinski definition) is 1. The third-order valence-corrected chi connectivity index (χ3v) is 12.9. The fraction of sp³-hybridized carbons (Fsp3) is 0.0154. The molecule has 0 radical (unpaired) electrons. The summed E-state index contributed by atoms with van der Waals surface area (Å²) >= 11 is 3.46. The fourth-order valence-electron chi connectivity index (χ4n) is 8.66. The van der Waals surface area contributed by atoms with Crippen molar-refractivity contribution < 1.29 is 0 Å². The lowest BCUT2D eigenvalue weighted by Crippen LogP contribution is -1.89. The smallest absolute Gasteiger partial charge is 0.0314 e. The van der Waals surface area contributed by atoms with Gasteiger partial charge in [0, 0.05) is 10.2 Å². The molecule has 0 saturated heterocycles. The second-order valence-electron chi connectivity index (χ2n) is 16.9. The second kappa shape index (κ2) is 20.0. The van der Waals surface area contributed by atoms with Crippen molar-refractivity contribution in [2.75, 3.05) is 5.73 Å². The number of fused-ring (bicyclic) bond motifs is 4. The highest BCUT2D eigenvalue weighted by atomic mass is 79.9. The zero-order chi connectivity index (χ0) is 45.4. The van der Waals surface area contributed by atoms with Gasteiger partial charge in [-0.05, 0) is 154 Å². The third-order valence-electron chi connectivity index (χ3n) is 12.4. The number of benzene rings is 12. The Morgan fingerprint density at radius 2 is 0.478 bits per heavy atom. The number of hydrogen-bond acceptors (Lipinski definition) is 1. The standard InChI is InChI=1S/C33H24.C16H11Br.C16H13N/c1-3-7-30-22-32(19-17-26(30)5-1)28-13-9-24(10-14-28)21-25-11-15-29(16-12-25)33-20-18-27-6-2-4-8-31(27)23-33;2*17-16-9-7-13(8-10-16)15-6-5-12-3-1-2-4-14(12)11-15/h1-20,22-23H,21H2;1-11H;1-11H,17H2. The van der Waals surface area contributed by atoms with Gasteiger partial charge >= 0.3 is 0 Å². The van der Waals surface area contributed by atoms with Crippen LogP contribution in [0.2, 0.25) is 0 Å². The first-order chi connectivity index (χ1) is 33.0. The molecule has 12 rings (SSSR count). The van der Waals surface area contributed by atoms with E-state index in [0.29, 0.717) is 0 Å². The molecule has 0 heterocycles. The van der Waals surface area contributed by atoms with Crippen LogP contribution in [0, 0.1) is 0 Å². The number of nitrogens with two attached hydrogens (primary N) is 1. The maximum atomic E-state index is 5.70. The summed E-state index contributed by atoms with van der Waals surface area (Å²) in [6, 6.07) is 94.7. The fourth-order valence-corrected chi connectivity index (χ4v) is 8.92. The molecule has 12 aromatic carbocycles. The highest BCUT2D eigenvalue weighted by Gasteiger charge is 2.05. The highest BCUT2D eigenvalue weighted by molar-refractivity contribution is 9.10. The molecule has 0 atom stereocenters. The SMILES string of the molecule is Brc1ccc(-c2ccc3ccccc3c2)cc1.Nc1ccc(-c2ccc3ccccc3c2)cc1.c1ccc2cc(-c3ccc(Cc4ccc(-c5ccc6ccccc6c5)cc4)cc3)ccc2c1. The second-order valence-corrected chi connectivity index (χ2v) is 17.9.